The lowest BCUT2D eigenvalue weighted by Gasteiger charge is -2.19. The van der Waals surface area contributed by atoms with Gasteiger partial charge in [-0.1, -0.05) is 42.5 Å². The summed E-state index contributed by atoms with van der Waals surface area (Å²) in [5.41, 5.74) is 10.1. The summed E-state index contributed by atoms with van der Waals surface area (Å²) in [6, 6.07) is 12.4. The number of hydrogen-bond donors (Lipinski definition) is 1. The van der Waals surface area contributed by atoms with Crippen LogP contribution in [0.4, 0.5) is 0 Å². The van der Waals surface area contributed by atoms with Crippen LogP contribution in [0, 0.1) is 6.92 Å². The highest BCUT2D eigenvalue weighted by Gasteiger charge is 2.09. The number of thiocarbonyl (C=S) groups is 1. The third kappa shape index (κ3) is 3.62. The number of benzene rings is 1. The molecule has 20 heavy (non-hydrogen) atoms. The number of aromatic nitrogens is 1. The molecule has 0 amide bonds. The Balaban J connectivity index is 2.11. The van der Waals surface area contributed by atoms with Crippen molar-refractivity contribution in [1.29, 1.82) is 0 Å². The van der Waals surface area contributed by atoms with Crippen LogP contribution in [0.3, 0.4) is 0 Å². The van der Waals surface area contributed by atoms with Gasteiger partial charge in [-0.2, -0.15) is 0 Å². The van der Waals surface area contributed by atoms with E-state index in [1.807, 2.05) is 12.1 Å². The lowest BCUT2D eigenvalue weighted by Crippen LogP contribution is -2.22. The molecule has 2 rings (SSSR count). The number of pyridine rings is 1. The molecule has 0 atom stereocenters. The fourth-order valence-electron chi connectivity index (χ4n) is 2.21. The standard InChI is InChI=1S/C16H19N3S/c1-12-6-3-4-7-13(12)10-19(2)11-14-8-5-9-18-15(14)16(17)20/h3-9H,10-11H2,1-2H3,(H2,17,20). The van der Waals surface area contributed by atoms with Crippen LogP contribution in [0.15, 0.2) is 42.6 Å². The van der Waals surface area contributed by atoms with Gasteiger partial charge in [-0.3, -0.25) is 9.88 Å². The molecule has 0 saturated carbocycles. The Labute approximate surface area is 125 Å². The summed E-state index contributed by atoms with van der Waals surface area (Å²) in [4.78, 5) is 6.85. The van der Waals surface area contributed by atoms with Crippen LogP contribution < -0.4 is 5.73 Å². The van der Waals surface area contributed by atoms with Gasteiger partial charge in [0.2, 0.25) is 0 Å². The highest BCUT2D eigenvalue weighted by molar-refractivity contribution is 7.80. The van der Waals surface area contributed by atoms with Gasteiger partial charge >= 0.3 is 0 Å². The second-order valence-electron chi connectivity index (χ2n) is 4.97. The molecule has 3 nitrogen and oxygen atoms in total. The fourth-order valence-corrected chi connectivity index (χ4v) is 2.40. The molecule has 0 aliphatic heterocycles. The Kier molecular flexibility index (Phi) is 4.82. The highest BCUT2D eigenvalue weighted by atomic mass is 32.1. The molecule has 0 aliphatic rings. The van der Waals surface area contributed by atoms with E-state index in [1.165, 1.54) is 11.1 Å². The van der Waals surface area contributed by atoms with E-state index < -0.39 is 0 Å². The Morgan fingerprint density at radius 2 is 1.80 bits per heavy atom. The van der Waals surface area contributed by atoms with E-state index in [2.05, 4.69) is 48.1 Å². The summed E-state index contributed by atoms with van der Waals surface area (Å²) in [6.07, 6.45) is 1.72. The average molecular weight is 285 g/mol. The maximum absolute atomic E-state index is 5.72. The van der Waals surface area contributed by atoms with Crippen molar-refractivity contribution in [1.82, 2.24) is 9.88 Å². The van der Waals surface area contributed by atoms with Crippen molar-refractivity contribution in [2.75, 3.05) is 7.05 Å². The normalized spacial score (nSPS) is 10.8. The summed E-state index contributed by atoms with van der Waals surface area (Å²) in [5.74, 6) is 0. The number of aryl methyl sites for hydroxylation is 1. The molecule has 4 heteroatoms. The van der Waals surface area contributed by atoms with Gasteiger partial charge in [0.15, 0.2) is 0 Å². The van der Waals surface area contributed by atoms with Crippen LogP contribution in [0.1, 0.15) is 22.4 Å². The first kappa shape index (κ1) is 14.6. The maximum Gasteiger partial charge on any atom is 0.123 e. The van der Waals surface area contributed by atoms with E-state index in [4.69, 9.17) is 18.0 Å². The van der Waals surface area contributed by atoms with Crippen LogP contribution in [-0.2, 0) is 13.1 Å². The smallest absolute Gasteiger partial charge is 0.123 e. The zero-order valence-electron chi connectivity index (χ0n) is 11.8. The lowest BCUT2D eigenvalue weighted by atomic mass is 10.1. The Bertz CT molecular complexity index is 610. The Morgan fingerprint density at radius 3 is 2.50 bits per heavy atom. The van der Waals surface area contributed by atoms with Crippen LogP contribution >= 0.6 is 12.2 Å². The van der Waals surface area contributed by atoms with Gasteiger partial charge in [-0.15, -0.1) is 0 Å². The van der Waals surface area contributed by atoms with Gasteiger partial charge in [0.05, 0.1) is 0 Å². The first-order chi connectivity index (χ1) is 9.58. The third-order valence-corrected chi connectivity index (χ3v) is 3.46. The molecular formula is C16H19N3S. The van der Waals surface area contributed by atoms with E-state index in [9.17, 15) is 0 Å². The zero-order chi connectivity index (χ0) is 14.5. The molecule has 1 aromatic heterocycles. The number of nitrogens with two attached hydrogens (primary N) is 1. The minimum absolute atomic E-state index is 0.352. The van der Waals surface area contributed by atoms with Crippen molar-refractivity contribution >= 4 is 17.2 Å². The molecule has 0 bridgehead atoms. The summed E-state index contributed by atoms with van der Waals surface area (Å²) < 4.78 is 0. The zero-order valence-corrected chi connectivity index (χ0v) is 12.7. The van der Waals surface area contributed by atoms with Gasteiger partial charge in [0, 0.05) is 19.3 Å². The predicted octanol–water partition coefficient (Wildman–Crippen LogP) is 2.66. The first-order valence-corrected chi connectivity index (χ1v) is 6.95. The van der Waals surface area contributed by atoms with Crippen molar-refractivity contribution in [3.8, 4) is 0 Å². The summed E-state index contributed by atoms with van der Waals surface area (Å²) in [5, 5.41) is 0. The molecule has 0 radical (unpaired) electrons. The molecule has 2 N–H and O–H groups in total. The molecule has 0 unspecified atom stereocenters. The Morgan fingerprint density at radius 1 is 1.15 bits per heavy atom. The van der Waals surface area contributed by atoms with Crippen molar-refractivity contribution in [2.45, 2.75) is 20.0 Å². The average Bonchev–Trinajstić information content (AvgIpc) is 2.41. The summed E-state index contributed by atoms with van der Waals surface area (Å²) >= 11 is 5.05. The van der Waals surface area contributed by atoms with Gasteiger partial charge in [0.1, 0.15) is 10.7 Å². The quantitative estimate of drug-likeness (QED) is 0.858. The van der Waals surface area contributed by atoms with Gasteiger partial charge in [-0.05, 0) is 36.7 Å². The molecular weight excluding hydrogens is 266 g/mol. The molecule has 0 saturated heterocycles. The molecule has 0 fully saturated rings. The van der Waals surface area contributed by atoms with Crippen LogP contribution in [0.5, 0.6) is 0 Å². The summed E-state index contributed by atoms with van der Waals surface area (Å²) in [6.45, 7) is 3.79. The Hall–Kier alpha value is -1.78. The van der Waals surface area contributed by atoms with Crippen molar-refractivity contribution < 1.29 is 0 Å². The monoisotopic (exact) mass is 285 g/mol. The van der Waals surface area contributed by atoms with Crippen molar-refractivity contribution in [3.05, 3.63) is 65.0 Å². The second kappa shape index (κ2) is 6.59. The second-order valence-corrected chi connectivity index (χ2v) is 5.41. The van der Waals surface area contributed by atoms with Gasteiger partial charge in [-0.25, -0.2) is 0 Å². The van der Waals surface area contributed by atoms with E-state index in [1.54, 1.807) is 6.20 Å². The van der Waals surface area contributed by atoms with Crippen LogP contribution in [-0.4, -0.2) is 21.9 Å². The SMILES string of the molecule is Cc1ccccc1CN(C)Cc1cccnc1C(N)=S. The minimum atomic E-state index is 0.352. The molecule has 0 spiro atoms. The van der Waals surface area contributed by atoms with Crippen LogP contribution in [0.25, 0.3) is 0 Å². The molecule has 104 valence electrons. The minimum Gasteiger partial charge on any atom is -0.388 e. The molecule has 0 aliphatic carbocycles. The van der Waals surface area contributed by atoms with Crippen molar-refractivity contribution in [2.24, 2.45) is 5.73 Å². The third-order valence-electron chi connectivity index (χ3n) is 3.27. The highest BCUT2D eigenvalue weighted by Crippen LogP contribution is 2.13. The molecule has 1 aromatic carbocycles. The molecule has 2 aromatic rings. The predicted molar refractivity (Wildman–Crippen MR) is 86.5 cm³/mol. The largest absolute Gasteiger partial charge is 0.388 e. The van der Waals surface area contributed by atoms with Gasteiger partial charge < -0.3 is 5.73 Å². The van der Waals surface area contributed by atoms with Crippen LogP contribution in [0.2, 0.25) is 0 Å². The van der Waals surface area contributed by atoms with E-state index >= 15 is 0 Å². The fraction of sp³-hybridized carbons (Fsp3) is 0.250. The first-order valence-electron chi connectivity index (χ1n) is 6.54. The lowest BCUT2D eigenvalue weighted by molar-refractivity contribution is 0.318. The van der Waals surface area contributed by atoms with Gasteiger partial charge in [0.25, 0.3) is 0 Å². The van der Waals surface area contributed by atoms with E-state index in [-0.39, 0.29) is 0 Å². The van der Waals surface area contributed by atoms with Crippen molar-refractivity contribution in [3.63, 3.8) is 0 Å². The number of nitrogens with zero attached hydrogens (tertiary/aromatic N) is 2. The number of rotatable bonds is 5. The van der Waals surface area contributed by atoms with E-state index in [0.717, 1.165) is 24.3 Å². The molecule has 1 heterocycles. The topological polar surface area (TPSA) is 42.2 Å². The maximum atomic E-state index is 5.72. The van der Waals surface area contributed by atoms with E-state index in [0.29, 0.717) is 4.99 Å². The summed E-state index contributed by atoms with van der Waals surface area (Å²) in [7, 11) is 2.09. The number of hydrogen-bond acceptors (Lipinski definition) is 3.